The van der Waals surface area contributed by atoms with E-state index in [1.807, 2.05) is 0 Å². The molecular formula is C14H17N3O3. The summed E-state index contributed by atoms with van der Waals surface area (Å²) >= 11 is 0. The highest BCUT2D eigenvalue weighted by molar-refractivity contribution is 5.97. The molecule has 1 fully saturated rings. The van der Waals surface area contributed by atoms with Crippen LogP contribution < -0.4 is 10.6 Å². The van der Waals surface area contributed by atoms with Gasteiger partial charge in [0.15, 0.2) is 0 Å². The van der Waals surface area contributed by atoms with Gasteiger partial charge in [0.25, 0.3) is 5.91 Å². The Morgan fingerprint density at radius 2 is 2.00 bits per heavy atom. The van der Waals surface area contributed by atoms with E-state index in [4.69, 9.17) is 0 Å². The van der Waals surface area contributed by atoms with Crippen molar-refractivity contribution in [2.45, 2.75) is 13.5 Å². The Hall–Kier alpha value is -2.37. The number of amides is 3. The molecule has 0 radical (unpaired) electrons. The molecule has 1 saturated heterocycles. The summed E-state index contributed by atoms with van der Waals surface area (Å²) in [4.78, 5) is 35.8. The van der Waals surface area contributed by atoms with Crippen molar-refractivity contribution in [2.24, 2.45) is 0 Å². The van der Waals surface area contributed by atoms with E-state index in [0.29, 0.717) is 25.2 Å². The Bertz CT molecular complexity index is 525. The van der Waals surface area contributed by atoms with E-state index in [2.05, 4.69) is 10.6 Å². The zero-order valence-electron chi connectivity index (χ0n) is 11.3. The Labute approximate surface area is 117 Å². The summed E-state index contributed by atoms with van der Waals surface area (Å²) in [5.41, 5.74) is 1.47. The van der Waals surface area contributed by atoms with E-state index < -0.39 is 0 Å². The van der Waals surface area contributed by atoms with Crippen LogP contribution in [0.1, 0.15) is 22.8 Å². The lowest BCUT2D eigenvalue weighted by Gasteiger charge is -2.26. The molecule has 2 N–H and O–H groups in total. The zero-order valence-corrected chi connectivity index (χ0v) is 11.3. The van der Waals surface area contributed by atoms with Crippen LogP contribution >= 0.6 is 0 Å². The fourth-order valence-corrected chi connectivity index (χ4v) is 1.99. The van der Waals surface area contributed by atoms with E-state index >= 15 is 0 Å². The van der Waals surface area contributed by atoms with Gasteiger partial charge in [-0.05, 0) is 17.7 Å². The molecule has 2 rings (SSSR count). The van der Waals surface area contributed by atoms with Gasteiger partial charge in [0, 0.05) is 32.1 Å². The average Bonchev–Trinajstić information content (AvgIpc) is 2.45. The van der Waals surface area contributed by atoms with Gasteiger partial charge in [0.05, 0.1) is 6.54 Å². The van der Waals surface area contributed by atoms with Crippen LogP contribution in [0.25, 0.3) is 0 Å². The maximum Gasteiger partial charge on any atom is 0.254 e. The predicted octanol–water partition coefficient (Wildman–Crippen LogP) is -0.105. The molecule has 0 aromatic heterocycles. The average molecular weight is 275 g/mol. The van der Waals surface area contributed by atoms with Crippen LogP contribution in [0.2, 0.25) is 0 Å². The van der Waals surface area contributed by atoms with E-state index in [-0.39, 0.29) is 24.3 Å². The van der Waals surface area contributed by atoms with Gasteiger partial charge in [-0.2, -0.15) is 0 Å². The fourth-order valence-electron chi connectivity index (χ4n) is 1.99. The van der Waals surface area contributed by atoms with Crippen LogP contribution in [-0.4, -0.2) is 42.3 Å². The Kier molecular flexibility index (Phi) is 4.34. The van der Waals surface area contributed by atoms with E-state index in [1.165, 1.54) is 11.8 Å². The molecule has 0 aliphatic carbocycles. The molecule has 20 heavy (non-hydrogen) atoms. The first kappa shape index (κ1) is 14.0. The molecule has 6 heteroatoms. The second-order valence-corrected chi connectivity index (χ2v) is 4.68. The number of piperazine rings is 1. The summed E-state index contributed by atoms with van der Waals surface area (Å²) in [6.07, 6.45) is 0. The third-order valence-electron chi connectivity index (χ3n) is 3.07. The smallest absolute Gasteiger partial charge is 0.254 e. The highest BCUT2D eigenvalue weighted by Crippen LogP contribution is 2.09. The fraction of sp³-hybridized carbons (Fsp3) is 0.357. The summed E-state index contributed by atoms with van der Waals surface area (Å²) < 4.78 is 0. The minimum absolute atomic E-state index is 0.0931. The molecule has 0 atom stereocenters. The Morgan fingerprint density at radius 3 is 2.60 bits per heavy atom. The number of rotatable bonds is 3. The van der Waals surface area contributed by atoms with Crippen molar-refractivity contribution < 1.29 is 14.4 Å². The monoisotopic (exact) mass is 275 g/mol. The van der Waals surface area contributed by atoms with Crippen LogP contribution in [0.15, 0.2) is 24.3 Å². The van der Waals surface area contributed by atoms with Gasteiger partial charge in [-0.15, -0.1) is 0 Å². The summed E-state index contributed by atoms with van der Waals surface area (Å²) in [6.45, 7) is 3.02. The molecule has 3 amide bonds. The summed E-state index contributed by atoms with van der Waals surface area (Å²) in [5.74, 6) is -0.373. The van der Waals surface area contributed by atoms with Crippen molar-refractivity contribution >= 4 is 17.7 Å². The van der Waals surface area contributed by atoms with Gasteiger partial charge < -0.3 is 15.5 Å². The highest BCUT2D eigenvalue weighted by Gasteiger charge is 2.21. The van der Waals surface area contributed by atoms with E-state index in [9.17, 15) is 14.4 Å². The third kappa shape index (κ3) is 3.57. The molecule has 1 aromatic rings. The maximum atomic E-state index is 12.2. The number of carbonyl (C=O) groups is 3. The standard InChI is InChI=1S/C14H17N3O3/c1-10(18)16-8-11-2-4-12(5-3-11)14(20)17-7-6-15-13(19)9-17/h2-5H,6-9H2,1H3,(H,15,19)(H,16,18). The van der Waals surface area contributed by atoms with Crippen molar-refractivity contribution in [1.82, 2.24) is 15.5 Å². The van der Waals surface area contributed by atoms with Crippen LogP contribution in [-0.2, 0) is 16.1 Å². The summed E-state index contributed by atoms with van der Waals surface area (Å²) in [6, 6.07) is 7.03. The largest absolute Gasteiger partial charge is 0.353 e. The topological polar surface area (TPSA) is 78.5 Å². The van der Waals surface area contributed by atoms with Crippen molar-refractivity contribution in [3.63, 3.8) is 0 Å². The highest BCUT2D eigenvalue weighted by atomic mass is 16.2. The first-order valence-electron chi connectivity index (χ1n) is 6.45. The summed E-state index contributed by atoms with van der Waals surface area (Å²) in [5, 5.41) is 5.37. The maximum absolute atomic E-state index is 12.2. The van der Waals surface area contributed by atoms with Crippen LogP contribution in [0.4, 0.5) is 0 Å². The number of carbonyl (C=O) groups excluding carboxylic acids is 3. The molecule has 1 heterocycles. The van der Waals surface area contributed by atoms with Crippen molar-refractivity contribution in [3.8, 4) is 0 Å². The lowest BCUT2D eigenvalue weighted by Crippen LogP contribution is -2.49. The normalized spacial score (nSPS) is 14.7. The Balaban J connectivity index is 2.00. The minimum atomic E-state index is -0.147. The van der Waals surface area contributed by atoms with Gasteiger partial charge in [0.2, 0.25) is 11.8 Å². The second kappa shape index (κ2) is 6.18. The number of benzene rings is 1. The number of nitrogens with zero attached hydrogens (tertiary/aromatic N) is 1. The lowest BCUT2D eigenvalue weighted by atomic mass is 10.1. The van der Waals surface area contributed by atoms with Crippen molar-refractivity contribution in [3.05, 3.63) is 35.4 Å². The second-order valence-electron chi connectivity index (χ2n) is 4.68. The van der Waals surface area contributed by atoms with E-state index in [0.717, 1.165) is 5.56 Å². The first-order chi connectivity index (χ1) is 9.56. The number of hydrogen-bond acceptors (Lipinski definition) is 3. The Morgan fingerprint density at radius 1 is 1.30 bits per heavy atom. The van der Waals surface area contributed by atoms with Gasteiger partial charge in [-0.25, -0.2) is 0 Å². The number of nitrogens with one attached hydrogen (secondary N) is 2. The van der Waals surface area contributed by atoms with Gasteiger partial charge in [-0.3, -0.25) is 14.4 Å². The quantitative estimate of drug-likeness (QED) is 0.808. The summed E-state index contributed by atoms with van der Waals surface area (Å²) in [7, 11) is 0. The predicted molar refractivity (Wildman–Crippen MR) is 72.9 cm³/mol. The zero-order chi connectivity index (χ0) is 14.5. The molecule has 0 bridgehead atoms. The van der Waals surface area contributed by atoms with Crippen LogP contribution in [0.3, 0.4) is 0 Å². The van der Waals surface area contributed by atoms with Crippen molar-refractivity contribution in [1.29, 1.82) is 0 Å². The SMILES string of the molecule is CC(=O)NCc1ccc(C(=O)N2CCNC(=O)C2)cc1. The van der Waals surface area contributed by atoms with Crippen molar-refractivity contribution in [2.75, 3.05) is 19.6 Å². The van der Waals surface area contributed by atoms with Gasteiger partial charge in [0.1, 0.15) is 0 Å². The van der Waals surface area contributed by atoms with Gasteiger partial charge in [-0.1, -0.05) is 12.1 Å². The molecule has 0 saturated carbocycles. The van der Waals surface area contributed by atoms with Gasteiger partial charge >= 0.3 is 0 Å². The number of hydrogen-bond donors (Lipinski definition) is 2. The molecule has 1 aliphatic heterocycles. The van der Waals surface area contributed by atoms with Crippen LogP contribution in [0.5, 0.6) is 0 Å². The first-order valence-corrected chi connectivity index (χ1v) is 6.45. The van der Waals surface area contributed by atoms with Crippen LogP contribution in [0, 0.1) is 0 Å². The minimum Gasteiger partial charge on any atom is -0.353 e. The molecule has 106 valence electrons. The molecule has 6 nitrogen and oxygen atoms in total. The molecule has 1 aromatic carbocycles. The molecular weight excluding hydrogens is 258 g/mol. The molecule has 0 spiro atoms. The molecule has 1 aliphatic rings. The third-order valence-corrected chi connectivity index (χ3v) is 3.07. The van der Waals surface area contributed by atoms with E-state index in [1.54, 1.807) is 24.3 Å². The lowest BCUT2D eigenvalue weighted by molar-refractivity contribution is -0.123. The molecule has 0 unspecified atom stereocenters.